The zero-order valence-electron chi connectivity index (χ0n) is 19.5. The van der Waals surface area contributed by atoms with Crippen molar-refractivity contribution in [3.63, 3.8) is 0 Å². The Morgan fingerprint density at radius 1 is 0.818 bits per heavy atom. The maximum Gasteiger partial charge on any atom is 0.212 e. The van der Waals surface area contributed by atoms with Gasteiger partial charge in [-0.25, -0.2) is 8.96 Å². The van der Waals surface area contributed by atoms with Crippen molar-refractivity contribution in [3.05, 3.63) is 95.2 Å². The van der Waals surface area contributed by atoms with E-state index in [2.05, 4.69) is 68.1 Å². The summed E-state index contributed by atoms with van der Waals surface area (Å²) in [7, 11) is 2.09. The summed E-state index contributed by atoms with van der Waals surface area (Å²) in [5, 5.41) is 0. The van der Waals surface area contributed by atoms with Gasteiger partial charge in [-0.2, -0.15) is 0 Å². The van der Waals surface area contributed by atoms with Gasteiger partial charge in [-0.1, -0.05) is 37.1 Å². The summed E-state index contributed by atoms with van der Waals surface area (Å²) < 4.78 is 15.5. The first-order valence-corrected chi connectivity index (χ1v) is 11.9. The van der Waals surface area contributed by atoms with Crippen LogP contribution >= 0.6 is 0 Å². The Bertz CT molecular complexity index is 1400. The Kier molecular flexibility index (Phi) is 4.52. The highest BCUT2D eigenvalue weighted by molar-refractivity contribution is 5.84. The average Bonchev–Trinajstić information content (AvgIpc) is 3.39. The average molecular weight is 436 g/mol. The summed E-state index contributed by atoms with van der Waals surface area (Å²) in [6.45, 7) is 4.33. The second kappa shape index (κ2) is 7.34. The molecule has 0 N–H and O–H groups in total. The van der Waals surface area contributed by atoms with E-state index in [9.17, 15) is 4.39 Å². The molecule has 2 nitrogen and oxygen atoms in total. The smallest absolute Gasteiger partial charge is 0.212 e. The van der Waals surface area contributed by atoms with E-state index in [0.717, 1.165) is 16.8 Å². The number of hydrogen-bond acceptors (Lipinski definition) is 1. The Morgan fingerprint density at radius 3 is 2.27 bits per heavy atom. The summed E-state index contributed by atoms with van der Waals surface area (Å²) >= 11 is 0. The molecule has 2 aromatic carbocycles. The van der Waals surface area contributed by atoms with Crippen molar-refractivity contribution >= 4 is 0 Å². The van der Waals surface area contributed by atoms with Crippen molar-refractivity contribution in [2.45, 2.75) is 44.9 Å². The molecular weight excluding hydrogens is 407 g/mol. The van der Waals surface area contributed by atoms with E-state index in [-0.39, 0.29) is 11.2 Å². The molecule has 0 atom stereocenters. The molecule has 0 bridgehead atoms. The normalized spacial score (nSPS) is 15.6. The molecule has 0 amide bonds. The van der Waals surface area contributed by atoms with Gasteiger partial charge < -0.3 is 0 Å². The van der Waals surface area contributed by atoms with Crippen molar-refractivity contribution in [2.24, 2.45) is 7.05 Å². The van der Waals surface area contributed by atoms with Gasteiger partial charge >= 0.3 is 0 Å². The van der Waals surface area contributed by atoms with E-state index in [1.54, 1.807) is 0 Å². The van der Waals surface area contributed by atoms with Crippen LogP contribution in [0.5, 0.6) is 0 Å². The number of aromatic nitrogens is 2. The number of benzene rings is 2. The van der Waals surface area contributed by atoms with Gasteiger partial charge in [0.1, 0.15) is 12.9 Å². The van der Waals surface area contributed by atoms with Gasteiger partial charge in [0.05, 0.1) is 5.69 Å². The van der Waals surface area contributed by atoms with Crippen molar-refractivity contribution in [3.8, 4) is 33.5 Å². The third-order valence-electron chi connectivity index (χ3n) is 7.70. The summed E-state index contributed by atoms with van der Waals surface area (Å²) in [6.07, 6.45) is 7.07. The maximum atomic E-state index is 13.3. The molecule has 164 valence electrons. The second-order valence-electron chi connectivity index (χ2n) is 9.77. The number of rotatable bonds is 2. The molecule has 2 aliphatic carbocycles. The summed E-state index contributed by atoms with van der Waals surface area (Å²) in [4.78, 5) is 5.07. The lowest BCUT2D eigenvalue weighted by Gasteiger charge is -2.26. The lowest BCUT2D eigenvalue weighted by molar-refractivity contribution is -0.659. The number of hydrogen-bond donors (Lipinski definition) is 0. The monoisotopic (exact) mass is 435 g/mol. The molecule has 4 aromatic rings. The van der Waals surface area contributed by atoms with E-state index in [1.807, 2.05) is 12.1 Å². The first-order chi connectivity index (χ1) is 16.0. The molecule has 33 heavy (non-hydrogen) atoms. The van der Waals surface area contributed by atoms with Crippen LogP contribution in [0.1, 0.15) is 48.2 Å². The molecule has 1 saturated carbocycles. The third kappa shape index (κ3) is 3.06. The van der Waals surface area contributed by atoms with Crippen molar-refractivity contribution < 1.29 is 8.96 Å². The zero-order valence-corrected chi connectivity index (χ0v) is 19.5. The highest BCUT2D eigenvalue weighted by atomic mass is 19.1. The number of aryl methyl sites for hydroxylation is 3. The maximum absolute atomic E-state index is 13.3. The van der Waals surface area contributed by atoms with Crippen LogP contribution in [-0.2, 0) is 12.5 Å². The SMILES string of the molecule is Cc1ccc2c(n1)C1(CCCC1)c1cc(C)c(-c3ccc(-c4ccc(F)cc4)c[n+]3C)cc1-2. The molecule has 0 aliphatic heterocycles. The molecule has 2 aliphatic rings. The van der Waals surface area contributed by atoms with E-state index < -0.39 is 0 Å². The molecule has 2 aromatic heterocycles. The van der Waals surface area contributed by atoms with Gasteiger partial charge in [0, 0.05) is 33.9 Å². The van der Waals surface area contributed by atoms with Crippen LogP contribution in [0.3, 0.4) is 0 Å². The number of nitrogens with zero attached hydrogens (tertiary/aromatic N) is 2. The van der Waals surface area contributed by atoms with Crippen molar-refractivity contribution in [1.82, 2.24) is 4.98 Å². The highest BCUT2D eigenvalue weighted by Gasteiger charge is 2.46. The zero-order chi connectivity index (χ0) is 22.7. The van der Waals surface area contributed by atoms with Crippen LogP contribution < -0.4 is 4.57 Å². The minimum atomic E-state index is -0.210. The van der Waals surface area contributed by atoms with Gasteiger partial charge in [-0.15, -0.1) is 0 Å². The minimum Gasteiger partial charge on any atom is -0.257 e. The predicted octanol–water partition coefficient (Wildman–Crippen LogP) is 6.84. The van der Waals surface area contributed by atoms with Crippen LogP contribution in [0.25, 0.3) is 33.5 Å². The van der Waals surface area contributed by atoms with E-state index in [4.69, 9.17) is 4.98 Å². The lowest BCUT2D eigenvalue weighted by Crippen LogP contribution is -2.31. The summed E-state index contributed by atoms with van der Waals surface area (Å²) in [5.41, 5.74) is 12.4. The van der Waals surface area contributed by atoms with Gasteiger partial charge in [-0.05, 0) is 79.3 Å². The third-order valence-corrected chi connectivity index (χ3v) is 7.70. The Morgan fingerprint density at radius 2 is 1.55 bits per heavy atom. The van der Waals surface area contributed by atoms with Crippen LogP contribution in [-0.4, -0.2) is 4.98 Å². The molecule has 6 rings (SSSR count). The summed E-state index contributed by atoms with van der Waals surface area (Å²) in [6, 6.07) is 20.2. The van der Waals surface area contributed by atoms with Gasteiger partial charge in [-0.3, -0.25) is 4.98 Å². The Balaban J connectivity index is 1.49. The Hall–Kier alpha value is -3.33. The van der Waals surface area contributed by atoms with Crippen LogP contribution in [0.15, 0.2) is 66.9 Å². The van der Waals surface area contributed by atoms with E-state index in [0.29, 0.717) is 0 Å². The molecule has 2 heterocycles. The fourth-order valence-electron chi connectivity index (χ4n) is 6.05. The first kappa shape index (κ1) is 20.3. The quantitative estimate of drug-likeness (QED) is 0.315. The molecular formula is C30H28FN2+. The fourth-order valence-corrected chi connectivity index (χ4v) is 6.05. The van der Waals surface area contributed by atoms with Crippen LogP contribution in [0.4, 0.5) is 4.39 Å². The van der Waals surface area contributed by atoms with Crippen LogP contribution in [0, 0.1) is 19.7 Å². The van der Waals surface area contributed by atoms with Gasteiger partial charge in [0.15, 0.2) is 6.20 Å². The topological polar surface area (TPSA) is 16.8 Å². The molecule has 3 heteroatoms. The fraction of sp³-hybridized carbons (Fsp3) is 0.267. The van der Waals surface area contributed by atoms with Crippen LogP contribution in [0.2, 0.25) is 0 Å². The van der Waals surface area contributed by atoms with Crippen molar-refractivity contribution in [1.29, 1.82) is 0 Å². The van der Waals surface area contributed by atoms with Crippen molar-refractivity contribution in [2.75, 3.05) is 0 Å². The number of fused-ring (bicyclic) bond motifs is 5. The number of halogens is 1. The first-order valence-electron chi connectivity index (χ1n) is 11.9. The standard InChI is InChI=1S/C30H28FN2/c1-19-16-27-26(24-12-6-20(2)32-29(24)30(27)14-4-5-15-30)17-25(19)28-13-9-22(18-33(28)3)21-7-10-23(31)11-8-21/h6-13,16-18H,4-5,14-15H2,1-3H3/q+1. The summed E-state index contributed by atoms with van der Waals surface area (Å²) in [5.74, 6) is -0.210. The molecule has 0 radical (unpaired) electrons. The largest absolute Gasteiger partial charge is 0.257 e. The minimum absolute atomic E-state index is 0.0919. The van der Waals surface area contributed by atoms with E-state index in [1.165, 1.54) is 77.0 Å². The molecule has 0 saturated heterocycles. The van der Waals surface area contributed by atoms with Gasteiger partial charge in [0.2, 0.25) is 5.69 Å². The molecule has 1 fully saturated rings. The number of pyridine rings is 2. The van der Waals surface area contributed by atoms with E-state index >= 15 is 0 Å². The second-order valence-corrected chi connectivity index (χ2v) is 9.77. The van der Waals surface area contributed by atoms with Gasteiger partial charge in [0.25, 0.3) is 0 Å². The Labute approximate surface area is 194 Å². The molecule has 1 spiro atoms. The molecule has 0 unspecified atom stereocenters. The highest BCUT2D eigenvalue weighted by Crippen LogP contribution is 2.57. The lowest BCUT2D eigenvalue weighted by atomic mass is 9.78. The predicted molar refractivity (Wildman–Crippen MR) is 130 cm³/mol.